The van der Waals surface area contributed by atoms with Gasteiger partial charge in [-0.15, -0.1) is 7.92 Å². The SMILES string of the molecule is CCCCP(CCCC)CCCC.COP(OC)OC. The highest BCUT2D eigenvalue weighted by Crippen LogP contribution is 2.38. The second kappa shape index (κ2) is 19.7. The zero-order chi connectivity index (χ0) is 15.6. The summed E-state index contributed by atoms with van der Waals surface area (Å²) in [6, 6.07) is 0. The summed E-state index contributed by atoms with van der Waals surface area (Å²) in [7, 11) is 3.99. The van der Waals surface area contributed by atoms with Gasteiger partial charge < -0.3 is 13.6 Å². The third kappa shape index (κ3) is 16.8. The molecule has 5 heteroatoms. The highest BCUT2D eigenvalue weighted by molar-refractivity contribution is 7.57. The van der Waals surface area contributed by atoms with E-state index in [1.165, 1.54) is 38.5 Å². The Kier molecular flexibility index (Phi) is 22.7. The third-order valence-electron chi connectivity index (χ3n) is 2.93. The summed E-state index contributed by atoms with van der Waals surface area (Å²) in [5, 5.41) is 0. The van der Waals surface area contributed by atoms with Gasteiger partial charge in [-0.2, -0.15) is 0 Å². The Balaban J connectivity index is 0. The highest BCUT2D eigenvalue weighted by atomic mass is 31.2. The first kappa shape index (κ1) is 23.0. The Bertz CT molecular complexity index is 143. The molecule has 20 heavy (non-hydrogen) atoms. The van der Waals surface area contributed by atoms with Crippen LogP contribution in [0.3, 0.4) is 0 Å². The van der Waals surface area contributed by atoms with E-state index >= 15 is 0 Å². The molecule has 0 aliphatic rings. The molecule has 0 fully saturated rings. The van der Waals surface area contributed by atoms with E-state index in [2.05, 4.69) is 34.3 Å². The van der Waals surface area contributed by atoms with Crippen molar-refractivity contribution in [1.29, 1.82) is 0 Å². The smallest absolute Gasteiger partial charge is 0.316 e. The zero-order valence-electron chi connectivity index (χ0n) is 14.5. The van der Waals surface area contributed by atoms with Crippen molar-refractivity contribution in [3.8, 4) is 0 Å². The second-order valence-corrected chi connectivity index (χ2v) is 8.90. The van der Waals surface area contributed by atoms with Gasteiger partial charge in [0.15, 0.2) is 0 Å². The fraction of sp³-hybridized carbons (Fsp3) is 1.00. The number of hydrogen-bond donors (Lipinski definition) is 0. The average Bonchev–Trinajstić information content (AvgIpc) is 2.49. The lowest BCUT2D eigenvalue weighted by Gasteiger charge is -2.16. The van der Waals surface area contributed by atoms with Gasteiger partial charge in [0.25, 0.3) is 0 Å². The summed E-state index contributed by atoms with van der Waals surface area (Å²) in [4.78, 5) is 0. The van der Waals surface area contributed by atoms with Gasteiger partial charge in [-0.3, -0.25) is 0 Å². The van der Waals surface area contributed by atoms with Crippen LogP contribution in [0.4, 0.5) is 0 Å². The Labute approximate surface area is 129 Å². The molecular weight excluding hydrogens is 290 g/mol. The van der Waals surface area contributed by atoms with Crippen molar-refractivity contribution < 1.29 is 13.6 Å². The van der Waals surface area contributed by atoms with Crippen LogP contribution in [0.15, 0.2) is 0 Å². The van der Waals surface area contributed by atoms with E-state index in [0.717, 1.165) is 0 Å². The summed E-state index contributed by atoms with van der Waals surface area (Å²) in [6.45, 7) is 6.94. The van der Waals surface area contributed by atoms with Gasteiger partial charge in [0.05, 0.1) is 0 Å². The van der Waals surface area contributed by atoms with Crippen LogP contribution in [0, 0.1) is 0 Å². The third-order valence-corrected chi connectivity index (χ3v) is 6.67. The van der Waals surface area contributed by atoms with Crippen LogP contribution in [0.1, 0.15) is 59.3 Å². The molecule has 0 aromatic rings. The first-order valence-corrected chi connectivity index (χ1v) is 10.8. The summed E-state index contributed by atoms with van der Waals surface area (Å²) in [5.41, 5.74) is 0. The summed E-state index contributed by atoms with van der Waals surface area (Å²) >= 11 is 0. The van der Waals surface area contributed by atoms with E-state index in [4.69, 9.17) is 0 Å². The van der Waals surface area contributed by atoms with Crippen LogP contribution in [-0.2, 0) is 13.6 Å². The second-order valence-electron chi connectivity index (χ2n) is 4.67. The maximum absolute atomic E-state index is 4.67. The molecule has 0 bridgehead atoms. The van der Waals surface area contributed by atoms with Gasteiger partial charge in [0.1, 0.15) is 0 Å². The standard InChI is InChI=1S/C12H27P.C3H9O3P/c1-4-7-10-13(11-8-5-2)12-9-6-3;1-4-7(5-2)6-3/h4-12H2,1-3H3;1-3H3. The van der Waals surface area contributed by atoms with Gasteiger partial charge in [0, 0.05) is 21.3 Å². The Morgan fingerprint density at radius 3 is 1.05 bits per heavy atom. The summed E-state index contributed by atoms with van der Waals surface area (Å²) < 4.78 is 14.0. The quantitative estimate of drug-likeness (QED) is 0.410. The summed E-state index contributed by atoms with van der Waals surface area (Å²) in [5.74, 6) is 0. The van der Waals surface area contributed by atoms with Crippen molar-refractivity contribution in [2.45, 2.75) is 59.3 Å². The molecule has 0 aromatic heterocycles. The van der Waals surface area contributed by atoms with Gasteiger partial charge in [-0.1, -0.05) is 40.0 Å². The molecular formula is C15H36O3P2. The molecule has 124 valence electrons. The van der Waals surface area contributed by atoms with Crippen molar-refractivity contribution >= 4 is 16.5 Å². The van der Waals surface area contributed by atoms with E-state index in [0.29, 0.717) is 7.92 Å². The van der Waals surface area contributed by atoms with Crippen LogP contribution in [0.2, 0.25) is 0 Å². The molecule has 3 nitrogen and oxygen atoms in total. The van der Waals surface area contributed by atoms with E-state index in [9.17, 15) is 0 Å². The number of hydrogen-bond acceptors (Lipinski definition) is 3. The molecule has 0 rings (SSSR count). The largest absolute Gasteiger partial charge is 0.331 e. The normalized spacial score (nSPS) is 10.8. The lowest BCUT2D eigenvalue weighted by atomic mass is 10.4. The maximum Gasteiger partial charge on any atom is 0.331 e. The van der Waals surface area contributed by atoms with Crippen LogP contribution in [0.25, 0.3) is 0 Å². The van der Waals surface area contributed by atoms with Crippen molar-refractivity contribution in [2.24, 2.45) is 0 Å². The lowest BCUT2D eigenvalue weighted by molar-refractivity contribution is 0.239. The van der Waals surface area contributed by atoms with Crippen LogP contribution < -0.4 is 0 Å². The van der Waals surface area contributed by atoms with Crippen molar-refractivity contribution in [2.75, 3.05) is 39.8 Å². The van der Waals surface area contributed by atoms with Crippen molar-refractivity contribution in [3.63, 3.8) is 0 Å². The maximum atomic E-state index is 4.67. The van der Waals surface area contributed by atoms with Gasteiger partial charge in [-0.25, -0.2) is 0 Å². The molecule has 0 N–H and O–H groups in total. The average molecular weight is 326 g/mol. The van der Waals surface area contributed by atoms with Gasteiger partial charge >= 0.3 is 8.60 Å². The Morgan fingerprint density at radius 2 is 0.900 bits per heavy atom. The molecule has 0 saturated heterocycles. The summed E-state index contributed by atoms with van der Waals surface area (Å²) in [6.07, 6.45) is 13.2. The minimum atomic E-state index is -1.05. The molecule has 0 saturated carbocycles. The molecule has 0 spiro atoms. The minimum absolute atomic E-state index is 0.422. The number of rotatable bonds is 12. The minimum Gasteiger partial charge on any atom is -0.316 e. The molecule has 0 heterocycles. The predicted molar refractivity (Wildman–Crippen MR) is 94.2 cm³/mol. The van der Waals surface area contributed by atoms with E-state index < -0.39 is 8.60 Å². The molecule has 0 unspecified atom stereocenters. The molecule has 0 aromatic carbocycles. The molecule has 0 aliphatic carbocycles. The van der Waals surface area contributed by atoms with Crippen LogP contribution >= 0.6 is 16.5 Å². The lowest BCUT2D eigenvalue weighted by Crippen LogP contribution is -1.95. The molecule has 0 atom stereocenters. The molecule has 0 radical (unpaired) electrons. The van der Waals surface area contributed by atoms with Gasteiger partial charge in [-0.05, 0) is 37.7 Å². The van der Waals surface area contributed by atoms with E-state index in [-0.39, 0.29) is 0 Å². The van der Waals surface area contributed by atoms with E-state index in [1.54, 1.807) is 39.8 Å². The first-order valence-electron chi connectivity index (χ1n) is 7.84. The zero-order valence-corrected chi connectivity index (χ0v) is 16.3. The van der Waals surface area contributed by atoms with Crippen molar-refractivity contribution in [1.82, 2.24) is 0 Å². The number of unbranched alkanes of at least 4 members (excludes halogenated alkanes) is 3. The molecule has 0 aliphatic heterocycles. The first-order chi connectivity index (χ1) is 9.69. The Morgan fingerprint density at radius 1 is 0.600 bits per heavy atom. The van der Waals surface area contributed by atoms with Gasteiger partial charge in [0.2, 0.25) is 0 Å². The highest BCUT2D eigenvalue weighted by Gasteiger charge is 2.05. The van der Waals surface area contributed by atoms with Crippen LogP contribution in [-0.4, -0.2) is 39.8 Å². The fourth-order valence-electron chi connectivity index (χ4n) is 1.70. The van der Waals surface area contributed by atoms with Crippen LogP contribution in [0.5, 0.6) is 0 Å². The van der Waals surface area contributed by atoms with E-state index in [1.807, 2.05) is 0 Å². The predicted octanol–water partition coefficient (Wildman–Crippen LogP) is 6.02. The topological polar surface area (TPSA) is 27.7 Å². The van der Waals surface area contributed by atoms with Crippen molar-refractivity contribution in [3.05, 3.63) is 0 Å². The fourth-order valence-corrected chi connectivity index (χ4v) is 5.11. The molecule has 0 amide bonds. The monoisotopic (exact) mass is 326 g/mol. The Hall–Kier alpha value is 0.740.